The molecule has 1 aliphatic carbocycles. The molecule has 2 aromatic rings. The molecule has 0 radical (unpaired) electrons. The predicted octanol–water partition coefficient (Wildman–Crippen LogP) is 2.63. The minimum Gasteiger partial charge on any atom is -0.351 e. The Morgan fingerprint density at radius 1 is 1.10 bits per heavy atom. The fourth-order valence-corrected chi connectivity index (χ4v) is 4.93. The Labute approximate surface area is 177 Å². The minimum atomic E-state index is -3.79. The molecule has 0 spiro atoms. The molecule has 0 unspecified atom stereocenters. The summed E-state index contributed by atoms with van der Waals surface area (Å²) in [6.07, 6.45) is 6.00. The van der Waals surface area contributed by atoms with Gasteiger partial charge >= 0.3 is 0 Å². The molecule has 1 aromatic carbocycles. The summed E-state index contributed by atoms with van der Waals surface area (Å²) in [5.74, 6) is -0.000557. The van der Waals surface area contributed by atoms with E-state index in [1.807, 2.05) is 18.2 Å². The smallest absolute Gasteiger partial charge is 0.253 e. The molecule has 162 valence electrons. The van der Waals surface area contributed by atoms with Gasteiger partial charge in [-0.3, -0.25) is 9.59 Å². The maximum Gasteiger partial charge on any atom is 0.253 e. The predicted molar refractivity (Wildman–Crippen MR) is 116 cm³/mol. The maximum atomic E-state index is 12.5. The van der Waals surface area contributed by atoms with Crippen LogP contribution in [-0.4, -0.2) is 25.9 Å². The molecule has 7 nitrogen and oxygen atoms in total. The van der Waals surface area contributed by atoms with Crippen LogP contribution in [0.25, 0.3) is 0 Å². The number of pyridine rings is 1. The third-order valence-corrected chi connectivity index (χ3v) is 7.06. The number of nitrogens with one attached hydrogen (secondary N) is 3. The van der Waals surface area contributed by atoms with Crippen molar-refractivity contribution in [1.29, 1.82) is 0 Å². The zero-order valence-electron chi connectivity index (χ0n) is 17.5. The number of rotatable bonds is 7. The van der Waals surface area contributed by atoms with Crippen molar-refractivity contribution in [3.05, 3.63) is 63.1 Å². The van der Waals surface area contributed by atoms with E-state index in [4.69, 9.17) is 0 Å². The fraction of sp³-hybridized carbons (Fsp3) is 0.455. The van der Waals surface area contributed by atoms with E-state index >= 15 is 0 Å². The first kappa shape index (κ1) is 22.2. The van der Waals surface area contributed by atoms with Crippen LogP contribution in [0, 0.1) is 13.8 Å². The van der Waals surface area contributed by atoms with Crippen LogP contribution in [0.3, 0.4) is 0 Å². The van der Waals surface area contributed by atoms with Crippen LogP contribution in [0.4, 0.5) is 0 Å². The second-order valence-corrected chi connectivity index (χ2v) is 9.72. The molecule has 8 heteroatoms. The molecule has 1 heterocycles. The summed E-state index contributed by atoms with van der Waals surface area (Å²) in [6.45, 7) is 3.23. The van der Waals surface area contributed by atoms with Crippen LogP contribution in [-0.2, 0) is 21.4 Å². The number of aromatic nitrogens is 1. The van der Waals surface area contributed by atoms with Gasteiger partial charge < -0.3 is 10.3 Å². The summed E-state index contributed by atoms with van der Waals surface area (Å²) in [5.41, 5.74) is 2.89. The first-order chi connectivity index (χ1) is 14.3. The van der Waals surface area contributed by atoms with Gasteiger partial charge in [-0.1, -0.05) is 31.4 Å². The number of carbonyl (C=O) groups is 1. The molecule has 0 atom stereocenters. The number of aromatic amines is 1. The Morgan fingerprint density at radius 3 is 2.40 bits per heavy atom. The number of H-pyrrole nitrogens is 1. The highest BCUT2D eigenvalue weighted by Gasteiger charge is 2.19. The van der Waals surface area contributed by atoms with E-state index in [1.165, 1.54) is 24.8 Å². The molecule has 3 rings (SSSR count). The summed E-state index contributed by atoms with van der Waals surface area (Å²) in [5, 5.41) is 2.59. The van der Waals surface area contributed by atoms with E-state index in [0.717, 1.165) is 24.1 Å². The molecule has 1 fully saturated rings. The Kier molecular flexibility index (Phi) is 7.10. The Balaban J connectivity index is 1.55. The van der Waals surface area contributed by atoms with Crippen molar-refractivity contribution < 1.29 is 13.2 Å². The van der Waals surface area contributed by atoms with E-state index in [2.05, 4.69) is 15.0 Å². The van der Waals surface area contributed by atoms with Gasteiger partial charge in [0.1, 0.15) is 0 Å². The Morgan fingerprint density at radius 2 is 1.77 bits per heavy atom. The van der Waals surface area contributed by atoms with Crippen LogP contribution >= 0.6 is 0 Å². The monoisotopic (exact) mass is 431 g/mol. The average molecular weight is 432 g/mol. The van der Waals surface area contributed by atoms with Gasteiger partial charge in [-0.2, -0.15) is 0 Å². The highest BCUT2D eigenvalue weighted by Crippen LogP contribution is 2.32. The zero-order valence-corrected chi connectivity index (χ0v) is 18.3. The van der Waals surface area contributed by atoms with Crippen LogP contribution in [0.1, 0.15) is 60.4 Å². The summed E-state index contributed by atoms with van der Waals surface area (Å²) in [7, 11) is -3.79. The molecule has 0 bridgehead atoms. The van der Waals surface area contributed by atoms with Crippen molar-refractivity contribution in [2.75, 3.05) is 6.54 Å². The van der Waals surface area contributed by atoms with Crippen molar-refractivity contribution in [3.63, 3.8) is 0 Å². The molecule has 1 saturated carbocycles. The molecule has 0 aliphatic heterocycles. The van der Waals surface area contributed by atoms with E-state index in [1.54, 1.807) is 26.0 Å². The number of hydrogen-bond acceptors (Lipinski definition) is 4. The quantitative estimate of drug-likeness (QED) is 0.626. The van der Waals surface area contributed by atoms with E-state index < -0.39 is 22.5 Å². The van der Waals surface area contributed by atoms with Gasteiger partial charge in [0.2, 0.25) is 15.9 Å². The van der Waals surface area contributed by atoms with Gasteiger partial charge in [-0.05, 0) is 61.9 Å². The number of aryl methyl sites for hydroxylation is 2. The Hall–Kier alpha value is -2.45. The van der Waals surface area contributed by atoms with Crippen molar-refractivity contribution in [2.24, 2.45) is 0 Å². The van der Waals surface area contributed by atoms with Gasteiger partial charge in [0, 0.05) is 17.8 Å². The highest BCUT2D eigenvalue weighted by molar-refractivity contribution is 7.89. The first-order valence-electron chi connectivity index (χ1n) is 10.3. The first-order valence-corrected chi connectivity index (χ1v) is 11.8. The van der Waals surface area contributed by atoms with Crippen molar-refractivity contribution in [1.82, 2.24) is 15.0 Å². The standard InChI is InChI=1S/C22H29N3O4S/c1-15-12-16(2)25-22(27)20(15)13-23-21(26)14-24-30(28,29)19-10-8-18(9-11-19)17-6-4-3-5-7-17/h8-12,17,24H,3-7,13-14H2,1-2H3,(H,23,26)(H,25,27). The number of hydrogen-bond donors (Lipinski definition) is 3. The van der Waals surface area contributed by atoms with Crippen LogP contribution in [0.15, 0.2) is 40.0 Å². The van der Waals surface area contributed by atoms with E-state index in [0.29, 0.717) is 11.5 Å². The number of amides is 1. The summed E-state index contributed by atoms with van der Waals surface area (Å²) in [4.78, 5) is 26.9. The lowest BCUT2D eigenvalue weighted by Crippen LogP contribution is -2.37. The van der Waals surface area contributed by atoms with Gasteiger partial charge in [0.25, 0.3) is 5.56 Å². The number of sulfonamides is 1. The molecule has 1 aromatic heterocycles. The van der Waals surface area contributed by atoms with Gasteiger partial charge in [0.15, 0.2) is 0 Å². The molecule has 1 aliphatic rings. The number of carbonyl (C=O) groups excluding carboxylic acids is 1. The van der Waals surface area contributed by atoms with Crippen molar-refractivity contribution >= 4 is 15.9 Å². The molecule has 0 saturated heterocycles. The lowest BCUT2D eigenvalue weighted by molar-refractivity contribution is -0.120. The van der Waals surface area contributed by atoms with Gasteiger partial charge in [-0.25, -0.2) is 13.1 Å². The third-order valence-electron chi connectivity index (χ3n) is 5.65. The largest absolute Gasteiger partial charge is 0.351 e. The number of benzene rings is 1. The second kappa shape index (κ2) is 9.57. The fourth-order valence-electron chi connectivity index (χ4n) is 3.95. The molecule has 3 N–H and O–H groups in total. The second-order valence-electron chi connectivity index (χ2n) is 7.95. The Bertz CT molecular complexity index is 1050. The van der Waals surface area contributed by atoms with E-state index in [-0.39, 0.29) is 17.0 Å². The zero-order chi connectivity index (χ0) is 21.7. The minimum absolute atomic E-state index is 0.0398. The summed E-state index contributed by atoms with van der Waals surface area (Å²) < 4.78 is 27.3. The lowest BCUT2D eigenvalue weighted by Gasteiger charge is -2.22. The van der Waals surface area contributed by atoms with Gasteiger partial charge in [-0.15, -0.1) is 0 Å². The SMILES string of the molecule is Cc1cc(C)c(CNC(=O)CNS(=O)(=O)c2ccc(C3CCCCC3)cc2)c(=O)[nH]1. The summed E-state index contributed by atoms with van der Waals surface area (Å²) >= 11 is 0. The van der Waals surface area contributed by atoms with Crippen molar-refractivity contribution in [3.8, 4) is 0 Å². The van der Waals surface area contributed by atoms with Gasteiger partial charge in [0.05, 0.1) is 11.4 Å². The molecular weight excluding hydrogens is 402 g/mol. The molecular formula is C22H29N3O4S. The molecule has 30 heavy (non-hydrogen) atoms. The third kappa shape index (κ3) is 5.58. The summed E-state index contributed by atoms with van der Waals surface area (Å²) in [6, 6.07) is 8.76. The van der Waals surface area contributed by atoms with Crippen LogP contribution in [0.5, 0.6) is 0 Å². The highest BCUT2D eigenvalue weighted by atomic mass is 32.2. The maximum absolute atomic E-state index is 12.5. The van der Waals surface area contributed by atoms with E-state index in [9.17, 15) is 18.0 Å². The topological polar surface area (TPSA) is 108 Å². The van der Waals surface area contributed by atoms with Crippen LogP contribution in [0.2, 0.25) is 0 Å². The lowest BCUT2D eigenvalue weighted by atomic mass is 9.84. The molecule has 1 amide bonds. The normalized spacial score (nSPS) is 15.1. The van der Waals surface area contributed by atoms with Crippen LogP contribution < -0.4 is 15.6 Å². The van der Waals surface area contributed by atoms with Crippen molar-refractivity contribution in [2.45, 2.75) is 63.3 Å². The average Bonchev–Trinajstić information content (AvgIpc) is 2.72.